The minimum Gasteiger partial charge on any atom is -0.495 e. The molecule has 3 aromatic rings. The van der Waals surface area contributed by atoms with Gasteiger partial charge in [-0.3, -0.25) is 14.1 Å². The summed E-state index contributed by atoms with van der Waals surface area (Å²) in [4.78, 5) is 12.4. The van der Waals surface area contributed by atoms with Crippen LogP contribution in [0.4, 0.5) is 5.69 Å². The first-order valence-electron chi connectivity index (χ1n) is 11.0. The normalized spacial score (nSPS) is 15.7. The molecular formula is C23H27N5O5S2. The van der Waals surface area contributed by atoms with Crippen molar-refractivity contribution in [2.45, 2.75) is 24.1 Å². The van der Waals surface area contributed by atoms with Gasteiger partial charge in [0, 0.05) is 24.4 Å². The molecule has 0 bridgehead atoms. The molecule has 1 saturated heterocycles. The number of amides is 1. The van der Waals surface area contributed by atoms with Crippen molar-refractivity contribution in [1.29, 1.82) is 0 Å². The molecule has 0 radical (unpaired) electrons. The van der Waals surface area contributed by atoms with E-state index in [-0.39, 0.29) is 17.8 Å². The van der Waals surface area contributed by atoms with E-state index in [1.54, 1.807) is 31.4 Å². The van der Waals surface area contributed by atoms with Gasteiger partial charge in [0.2, 0.25) is 15.9 Å². The van der Waals surface area contributed by atoms with Gasteiger partial charge in [0.25, 0.3) is 0 Å². The average molecular weight is 518 g/mol. The van der Waals surface area contributed by atoms with E-state index in [4.69, 9.17) is 9.47 Å². The standard InChI is InChI=1S/C23H27N5O5S2/c1-32-20-8-4-3-7-19(20)28-22(16-9-11-17(12-10-16)27-35(2,30)31)25-26-23(28)34-15-21(29)24-14-18-6-5-13-33-18/h3-4,7-12,18,27H,5-6,13-15H2,1-2H3,(H,24,29)/t18-/m1/s1. The number of nitrogens with one attached hydrogen (secondary N) is 2. The Balaban J connectivity index is 1.59. The Labute approximate surface area is 208 Å². The molecule has 1 fully saturated rings. The molecule has 0 unspecified atom stereocenters. The molecule has 1 aliphatic heterocycles. The van der Waals surface area contributed by atoms with Crippen molar-refractivity contribution in [1.82, 2.24) is 20.1 Å². The highest BCUT2D eigenvalue weighted by molar-refractivity contribution is 7.99. The van der Waals surface area contributed by atoms with E-state index in [0.29, 0.717) is 29.0 Å². The lowest BCUT2D eigenvalue weighted by atomic mass is 10.2. The highest BCUT2D eigenvalue weighted by atomic mass is 32.2. The first-order valence-corrected chi connectivity index (χ1v) is 13.9. The van der Waals surface area contributed by atoms with Crippen molar-refractivity contribution in [2.75, 3.05) is 37.0 Å². The number of methoxy groups -OCH3 is 1. The van der Waals surface area contributed by atoms with Crippen molar-refractivity contribution in [2.24, 2.45) is 0 Å². The summed E-state index contributed by atoms with van der Waals surface area (Å²) in [6, 6.07) is 14.3. The number of sulfonamides is 1. The molecule has 0 saturated carbocycles. The van der Waals surface area contributed by atoms with Crippen LogP contribution >= 0.6 is 11.8 Å². The van der Waals surface area contributed by atoms with Gasteiger partial charge in [0.1, 0.15) is 5.75 Å². The Morgan fingerprint density at radius 2 is 1.97 bits per heavy atom. The van der Waals surface area contributed by atoms with Gasteiger partial charge < -0.3 is 14.8 Å². The number of ether oxygens (including phenoxy) is 2. The molecule has 1 aromatic heterocycles. The maximum Gasteiger partial charge on any atom is 0.230 e. The van der Waals surface area contributed by atoms with Gasteiger partial charge in [-0.1, -0.05) is 23.9 Å². The molecule has 1 atom stereocenters. The summed E-state index contributed by atoms with van der Waals surface area (Å²) in [6.45, 7) is 1.24. The van der Waals surface area contributed by atoms with E-state index >= 15 is 0 Å². The zero-order valence-electron chi connectivity index (χ0n) is 19.4. The average Bonchev–Trinajstić information content (AvgIpc) is 3.51. The monoisotopic (exact) mass is 517 g/mol. The molecule has 1 amide bonds. The predicted molar refractivity (Wildman–Crippen MR) is 135 cm³/mol. The number of hydrogen-bond donors (Lipinski definition) is 2. The van der Waals surface area contributed by atoms with Gasteiger partial charge in [0.05, 0.1) is 30.9 Å². The van der Waals surface area contributed by atoms with E-state index in [9.17, 15) is 13.2 Å². The minimum absolute atomic E-state index is 0.0768. The largest absolute Gasteiger partial charge is 0.495 e. The number of hydrogen-bond acceptors (Lipinski definition) is 8. The number of anilines is 1. The van der Waals surface area contributed by atoms with E-state index < -0.39 is 10.0 Å². The van der Waals surface area contributed by atoms with Gasteiger partial charge in [-0.2, -0.15) is 0 Å². The van der Waals surface area contributed by atoms with E-state index in [1.165, 1.54) is 11.8 Å². The summed E-state index contributed by atoms with van der Waals surface area (Å²) in [5.41, 5.74) is 1.88. The second kappa shape index (κ2) is 11.1. The van der Waals surface area contributed by atoms with E-state index in [0.717, 1.165) is 37.0 Å². The number of benzene rings is 2. The molecule has 10 nitrogen and oxygen atoms in total. The molecule has 2 aromatic carbocycles. The van der Waals surface area contributed by atoms with Crippen LogP contribution in [-0.2, 0) is 19.6 Å². The van der Waals surface area contributed by atoms with Crippen LogP contribution < -0.4 is 14.8 Å². The third-order valence-corrected chi connectivity index (χ3v) is 6.82. The van der Waals surface area contributed by atoms with Gasteiger partial charge >= 0.3 is 0 Å². The summed E-state index contributed by atoms with van der Waals surface area (Å²) in [5.74, 6) is 1.20. The molecular weight excluding hydrogens is 490 g/mol. The summed E-state index contributed by atoms with van der Waals surface area (Å²) >= 11 is 1.27. The molecule has 12 heteroatoms. The summed E-state index contributed by atoms with van der Waals surface area (Å²) in [6.07, 6.45) is 3.15. The van der Waals surface area contributed by atoms with Crippen LogP contribution in [0.15, 0.2) is 53.7 Å². The van der Waals surface area contributed by atoms with E-state index in [2.05, 4.69) is 20.2 Å². The Bertz CT molecular complexity index is 1270. The van der Waals surface area contributed by atoms with Gasteiger partial charge in [-0.25, -0.2) is 8.42 Å². The third-order valence-electron chi connectivity index (χ3n) is 5.29. The molecule has 2 heterocycles. The SMILES string of the molecule is COc1ccccc1-n1c(SCC(=O)NC[C@H]2CCCO2)nnc1-c1ccc(NS(C)(=O)=O)cc1. The summed E-state index contributed by atoms with van der Waals surface area (Å²) < 4.78 is 38.4. The molecule has 186 valence electrons. The molecule has 1 aliphatic rings. The Morgan fingerprint density at radius 3 is 2.66 bits per heavy atom. The maximum absolute atomic E-state index is 12.4. The minimum atomic E-state index is -3.39. The fraction of sp³-hybridized carbons (Fsp3) is 0.348. The van der Waals surface area contributed by atoms with Crippen LogP contribution in [0.25, 0.3) is 17.1 Å². The third kappa shape index (κ3) is 6.53. The van der Waals surface area contributed by atoms with Crippen LogP contribution in [0.1, 0.15) is 12.8 Å². The van der Waals surface area contributed by atoms with Crippen LogP contribution in [0.5, 0.6) is 5.75 Å². The van der Waals surface area contributed by atoms with Gasteiger partial charge in [-0.05, 0) is 49.2 Å². The quantitative estimate of drug-likeness (QED) is 0.394. The highest BCUT2D eigenvalue weighted by Crippen LogP contribution is 2.33. The van der Waals surface area contributed by atoms with Crippen molar-refractivity contribution in [3.63, 3.8) is 0 Å². The van der Waals surface area contributed by atoms with Crippen molar-refractivity contribution in [3.05, 3.63) is 48.5 Å². The first-order chi connectivity index (χ1) is 16.8. The highest BCUT2D eigenvalue weighted by Gasteiger charge is 2.21. The second-order valence-electron chi connectivity index (χ2n) is 7.99. The zero-order chi connectivity index (χ0) is 24.8. The molecule has 35 heavy (non-hydrogen) atoms. The summed E-state index contributed by atoms with van der Waals surface area (Å²) in [5, 5.41) is 12.2. The number of nitrogens with zero attached hydrogens (tertiary/aromatic N) is 3. The maximum atomic E-state index is 12.4. The molecule has 2 N–H and O–H groups in total. The Kier molecular flexibility index (Phi) is 7.93. The number of aromatic nitrogens is 3. The number of thioether (sulfide) groups is 1. The summed E-state index contributed by atoms with van der Waals surface area (Å²) in [7, 11) is -1.80. The fourth-order valence-electron chi connectivity index (χ4n) is 3.70. The van der Waals surface area contributed by atoms with Crippen LogP contribution in [-0.4, -0.2) is 67.5 Å². The second-order valence-corrected chi connectivity index (χ2v) is 10.7. The van der Waals surface area contributed by atoms with Crippen LogP contribution in [0.3, 0.4) is 0 Å². The number of carbonyl (C=O) groups is 1. The number of rotatable bonds is 10. The molecule has 0 spiro atoms. The lowest BCUT2D eigenvalue weighted by Crippen LogP contribution is -2.32. The fourth-order valence-corrected chi connectivity index (χ4v) is 5.04. The van der Waals surface area contributed by atoms with E-state index in [1.807, 2.05) is 28.8 Å². The predicted octanol–water partition coefficient (Wildman–Crippen LogP) is 2.70. The molecule has 4 rings (SSSR count). The Morgan fingerprint density at radius 1 is 1.20 bits per heavy atom. The van der Waals surface area contributed by atoms with Crippen molar-refractivity contribution in [3.8, 4) is 22.8 Å². The lowest BCUT2D eigenvalue weighted by Gasteiger charge is -2.14. The lowest BCUT2D eigenvalue weighted by molar-refractivity contribution is -0.119. The van der Waals surface area contributed by atoms with Gasteiger partial charge in [0.15, 0.2) is 11.0 Å². The first kappa shape index (κ1) is 25.0. The van der Waals surface area contributed by atoms with Crippen LogP contribution in [0, 0.1) is 0 Å². The van der Waals surface area contributed by atoms with Crippen molar-refractivity contribution < 1.29 is 22.7 Å². The zero-order valence-corrected chi connectivity index (χ0v) is 21.1. The number of para-hydroxylation sites is 2. The van der Waals surface area contributed by atoms with Gasteiger partial charge in [-0.15, -0.1) is 10.2 Å². The van der Waals surface area contributed by atoms with Crippen LogP contribution in [0.2, 0.25) is 0 Å². The number of carbonyl (C=O) groups excluding carboxylic acids is 1. The topological polar surface area (TPSA) is 124 Å². The molecule has 0 aliphatic carbocycles. The smallest absolute Gasteiger partial charge is 0.230 e. The Hall–Kier alpha value is -3.09. The van der Waals surface area contributed by atoms with Crippen molar-refractivity contribution >= 4 is 33.4 Å².